The molecule has 4 N–H and O–H groups in total. The fourth-order valence-electron chi connectivity index (χ4n) is 3.08. The molecule has 2 rings (SSSR count). The zero-order valence-corrected chi connectivity index (χ0v) is 16.3. The number of carboxylic acid groups (broad SMARTS) is 1. The number of rotatable bonds is 10. The predicted octanol–water partition coefficient (Wildman–Crippen LogP) is 1.10. The number of ether oxygens (including phenoxy) is 1. The molecule has 0 radical (unpaired) electrons. The molecule has 0 saturated carbocycles. The molecular formula is C19H30N4O5. The zero-order chi connectivity index (χ0) is 20.5. The van der Waals surface area contributed by atoms with Gasteiger partial charge in [-0.05, 0) is 44.0 Å². The number of unbranched alkanes of at least 4 members (excludes halogenated alkanes) is 1. The molecule has 1 saturated heterocycles. The van der Waals surface area contributed by atoms with Crippen molar-refractivity contribution in [3.63, 3.8) is 0 Å². The van der Waals surface area contributed by atoms with E-state index in [4.69, 9.17) is 10.5 Å². The molecule has 2 amide bonds. The van der Waals surface area contributed by atoms with E-state index in [-0.39, 0.29) is 12.1 Å². The number of nitrogens with zero attached hydrogens (tertiary/aromatic N) is 3. The number of likely N-dealkylation sites (N-methyl/N-ethyl adjacent to an activating group) is 1. The lowest BCUT2D eigenvalue weighted by Crippen LogP contribution is -2.45. The van der Waals surface area contributed by atoms with E-state index in [0.717, 1.165) is 38.3 Å². The Morgan fingerprint density at radius 3 is 2.57 bits per heavy atom. The average molecular weight is 394 g/mol. The summed E-state index contributed by atoms with van der Waals surface area (Å²) >= 11 is 0. The highest BCUT2D eigenvalue weighted by Crippen LogP contribution is 2.21. The van der Waals surface area contributed by atoms with Gasteiger partial charge >= 0.3 is 12.0 Å². The molecule has 28 heavy (non-hydrogen) atoms. The third kappa shape index (κ3) is 6.99. The van der Waals surface area contributed by atoms with Crippen molar-refractivity contribution in [2.75, 3.05) is 52.9 Å². The number of hydrogen-bond acceptors (Lipinski definition) is 6. The minimum absolute atomic E-state index is 0.147. The minimum Gasteiger partial charge on any atom is -0.491 e. The number of piperazine rings is 1. The van der Waals surface area contributed by atoms with Gasteiger partial charge in [0.1, 0.15) is 17.9 Å². The summed E-state index contributed by atoms with van der Waals surface area (Å²) in [6.45, 7) is 5.41. The minimum atomic E-state index is -1.02. The first-order chi connectivity index (χ1) is 13.4. The van der Waals surface area contributed by atoms with Gasteiger partial charge in [-0.15, -0.1) is 0 Å². The van der Waals surface area contributed by atoms with Gasteiger partial charge < -0.3 is 20.5 Å². The maximum absolute atomic E-state index is 11.6. The largest absolute Gasteiger partial charge is 0.491 e. The Labute approximate surface area is 165 Å². The van der Waals surface area contributed by atoms with Crippen molar-refractivity contribution in [1.82, 2.24) is 14.9 Å². The van der Waals surface area contributed by atoms with Crippen molar-refractivity contribution in [2.45, 2.75) is 19.3 Å². The summed E-state index contributed by atoms with van der Waals surface area (Å²) in [6.07, 6.45) is 1.88. The van der Waals surface area contributed by atoms with E-state index in [1.165, 1.54) is 0 Å². The van der Waals surface area contributed by atoms with E-state index < -0.39 is 12.0 Å². The van der Waals surface area contributed by atoms with Crippen molar-refractivity contribution in [2.24, 2.45) is 5.73 Å². The molecule has 0 unspecified atom stereocenters. The van der Waals surface area contributed by atoms with Crippen LogP contribution >= 0.6 is 0 Å². The van der Waals surface area contributed by atoms with E-state index in [1.807, 2.05) is 6.07 Å². The summed E-state index contributed by atoms with van der Waals surface area (Å²) in [5.41, 5.74) is 5.96. The van der Waals surface area contributed by atoms with Crippen LogP contribution in [0.3, 0.4) is 0 Å². The molecule has 9 heteroatoms. The number of carbonyl (C=O) groups excluding carboxylic acids is 1. The molecule has 0 spiro atoms. The number of amides is 2. The third-order valence-corrected chi connectivity index (χ3v) is 4.88. The Morgan fingerprint density at radius 2 is 1.93 bits per heavy atom. The Morgan fingerprint density at radius 1 is 1.21 bits per heavy atom. The van der Waals surface area contributed by atoms with E-state index in [0.29, 0.717) is 36.7 Å². The highest BCUT2D eigenvalue weighted by Gasteiger charge is 2.15. The van der Waals surface area contributed by atoms with E-state index >= 15 is 0 Å². The monoisotopic (exact) mass is 394 g/mol. The zero-order valence-electron chi connectivity index (χ0n) is 16.3. The second-order valence-electron chi connectivity index (χ2n) is 7.05. The van der Waals surface area contributed by atoms with Crippen LogP contribution in [0.15, 0.2) is 18.2 Å². The number of carboxylic acids is 1. The number of primary amides is 1. The topological polar surface area (TPSA) is 120 Å². The fourth-order valence-corrected chi connectivity index (χ4v) is 3.08. The Balaban J connectivity index is 1.82. The van der Waals surface area contributed by atoms with Crippen LogP contribution in [0.25, 0.3) is 0 Å². The number of nitrogens with two attached hydrogens (primary N) is 1. The van der Waals surface area contributed by atoms with Gasteiger partial charge in [0, 0.05) is 32.7 Å². The predicted molar refractivity (Wildman–Crippen MR) is 104 cm³/mol. The van der Waals surface area contributed by atoms with Gasteiger partial charge in [-0.25, -0.2) is 14.7 Å². The lowest BCUT2D eigenvalue weighted by molar-refractivity contribution is -0.0402. The van der Waals surface area contributed by atoms with Crippen molar-refractivity contribution in [3.05, 3.63) is 29.3 Å². The number of urea groups is 1. The van der Waals surface area contributed by atoms with Crippen molar-refractivity contribution >= 4 is 12.0 Å². The molecule has 156 valence electrons. The first-order valence-electron chi connectivity index (χ1n) is 9.52. The van der Waals surface area contributed by atoms with Gasteiger partial charge in [-0.1, -0.05) is 6.07 Å². The third-order valence-electron chi connectivity index (χ3n) is 4.88. The van der Waals surface area contributed by atoms with Crippen LogP contribution in [0.5, 0.6) is 5.75 Å². The molecule has 0 atom stereocenters. The molecule has 1 aliphatic heterocycles. The number of hydrogen-bond donors (Lipinski definition) is 3. The number of benzene rings is 1. The Bertz CT molecular complexity index is 662. The van der Waals surface area contributed by atoms with Gasteiger partial charge in [-0.2, -0.15) is 0 Å². The summed E-state index contributed by atoms with van der Waals surface area (Å²) in [6, 6.07) is 4.29. The molecular weight excluding hydrogens is 364 g/mol. The van der Waals surface area contributed by atoms with Gasteiger partial charge in [0.05, 0.1) is 6.54 Å². The second kappa shape index (κ2) is 10.8. The van der Waals surface area contributed by atoms with Crippen LogP contribution in [0.2, 0.25) is 0 Å². The van der Waals surface area contributed by atoms with Crippen LogP contribution < -0.4 is 10.5 Å². The fraction of sp³-hybridized carbons (Fsp3) is 0.579. The number of aromatic carboxylic acids is 1. The number of carbonyl (C=O) groups is 2. The standard InChI is InChI=1S/C19H30N4O5/c1-21-8-10-22(11-9-21)12-13-28-17-6-5-15(14-16(17)18(24)25)4-2-3-7-23(27)19(20)26/h5-6,14,27H,2-4,7-13H2,1H3,(H2,20,26)(H,24,25). The van der Waals surface area contributed by atoms with Crippen LogP contribution in [0.1, 0.15) is 28.8 Å². The lowest BCUT2D eigenvalue weighted by Gasteiger charge is -2.32. The van der Waals surface area contributed by atoms with Crippen molar-refractivity contribution in [1.29, 1.82) is 0 Å². The normalized spacial score (nSPS) is 15.4. The number of hydroxylamine groups is 2. The van der Waals surface area contributed by atoms with E-state index in [9.17, 15) is 19.9 Å². The summed E-state index contributed by atoms with van der Waals surface area (Å²) < 4.78 is 5.74. The summed E-state index contributed by atoms with van der Waals surface area (Å²) in [5, 5.41) is 19.2. The van der Waals surface area contributed by atoms with E-state index in [2.05, 4.69) is 16.8 Å². The first-order valence-corrected chi connectivity index (χ1v) is 9.52. The van der Waals surface area contributed by atoms with Crippen molar-refractivity contribution in [3.8, 4) is 5.75 Å². The highest BCUT2D eigenvalue weighted by atomic mass is 16.5. The van der Waals surface area contributed by atoms with Crippen LogP contribution in [0, 0.1) is 0 Å². The highest BCUT2D eigenvalue weighted by molar-refractivity contribution is 5.91. The lowest BCUT2D eigenvalue weighted by atomic mass is 10.0. The van der Waals surface area contributed by atoms with Gasteiger partial charge in [-0.3, -0.25) is 10.1 Å². The molecule has 0 aliphatic carbocycles. The molecule has 1 aliphatic rings. The number of aryl methyl sites for hydroxylation is 1. The maximum Gasteiger partial charge on any atom is 0.339 e. The molecule has 1 fully saturated rings. The summed E-state index contributed by atoms with van der Waals surface area (Å²) in [7, 11) is 2.10. The van der Waals surface area contributed by atoms with Crippen molar-refractivity contribution < 1.29 is 24.6 Å². The smallest absolute Gasteiger partial charge is 0.339 e. The maximum atomic E-state index is 11.6. The van der Waals surface area contributed by atoms with Crippen LogP contribution in [-0.2, 0) is 6.42 Å². The molecule has 1 heterocycles. The molecule has 0 aromatic heterocycles. The molecule has 0 bridgehead atoms. The Hall–Kier alpha value is -2.36. The quantitative estimate of drug-likeness (QED) is 0.309. The Kier molecular flexibility index (Phi) is 8.49. The average Bonchev–Trinajstić information content (AvgIpc) is 2.67. The van der Waals surface area contributed by atoms with Gasteiger partial charge in [0.15, 0.2) is 0 Å². The molecule has 1 aromatic carbocycles. The van der Waals surface area contributed by atoms with Gasteiger partial charge in [0.2, 0.25) is 0 Å². The molecule has 9 nitrogen and oxygen atoms in total. The van der Waals surface area contributed by atoms with Crippen LogP contribution in [-0.4, -0.2) is 90.1 Å². The summed E-state index contributed by atoms with van der Waals surface area (Å²) in [5.74, 6) is -0.646. The molecule has 1 aromatic rings. The first kappa shape index (κ1) is 21.9. The van der Waals surface area contributed by atoms with E-state index in [1.54, 1.807) is 12.1 Å². The van der Waals surface area contributed by atoms with Gasteiger partial charge in [0.25, 0.3) is 0 Å². The second-order valence-corrected chi connectivity index (χ2v) is 7.05. The van der Waals surface area contributed by atoms with Crippen LogP contribution in [0.4, 0.5) is 4.79 Å². The summed E-state index contributed by atoms with van der Waals surface area (Å²) in [4.78, 5) is 26.9. The SMILES string of the molecule is CN1CCN(CCOc2ccc(CCCCN(O)C(N)=O)cc2C(=O)O)CC1.